The Morgan fingerprint density at radius 2 is 1.80 bits per heavy atom. The molecule has 0 saturated heterocycles. The molecule has 1 aromatic heterocycles. The SMILES string of the molecule is CNCc1cc(COc2c(C)cc(Cl)cc2C)c(C)s1. The van der Waals surface area contributed by atoms with E-state index in [-0.39, 0.29) is 0 Å². The Balaban J connectivity index is 2.13. The Morgan fingerprint density at radius 1 is 1.15 bits per heavy atom. The minimum atomic E-state index is 0.607. The summed E-state index contributed by atoms with van der Waals surface area (Å²) in [4.78, 5) is 2.66. The maximum absolute atomic E-state index is 6.04. The lowest BCUT2D eigenvalue weighted by atomic mass is 10.1. The molecule has 0 saturated carbocycles. The van der Waals surface area contributed by atoms with Crippen LogP contribution in [-0.2, 0) is 13.2 Å². The van der Waals surface area contributed by atoms with Crippen LogP contribution in [0.1, 0.15) is 26.4 Å². The van der Waals surface area contributed by atoms with Gasteiger partial charge in [0.25, 0.3) is 0 Å². The van der Waals surface area contributed by atoms with Crippen LogP contribution < -0.4 is 10.1 Å². The first kappa shape index (κ1) is 15.4. The molecule has 2 aromatic rings. The first-order valence-electron chi connectivity index (χ1n) is 6.63. The highest BCUT2D eigenvalue weighted by Crippen LogP contribution is 2.29. The van der Waals surface area contributed by atoms with Gasteiger partial charge in [0.2, 0.25) is 0 Å². The second-order valence-electron chi connectivity index (χ2n) is 4.98. The molecule has 2 nitrogen and oxygen atoms in total. The second kappa shape index (κ2) is 6.61. The second-order valence-corrected chi connectivity index (χ2v) is 6.76. The topological polar surface area (TPSA) is 21.3 Å². The van der Waals surface area contributed by atoms with Gasteiger partial charge in [0.05, 0.1) is 0 Å². The molecule has 108 valence electrons. The lowest BCUT2D eigenvalue weighted by molar-refractivity contribution is 0.301. The minimum absolute atomic E-state index is 0.607. The predicted octanol–water partition coefficient (Wildman–Crippen LogP) is 4.63. The molecule has 0 aliphatic heterocycles. The van der Waals surface area contributed by atoms with E-state index in [0.29, 0.717) is 6.61 Å². The van der Waals surface area contributed by atoms with Crippen molar-refractivity contribution in [3.63, 3.8) is 0 Å². The molecule has 0 aliphatic rings. The van der Waals surface area contributed by atoms with Crippen LogP contribution in [0.2, 0.25) is 5.02 Å². The molecule has 0 amide bonds. The third kappa shape index (κ3) is 3.54. The molecule has 2 rings (SSSR count). The Kier molecular flexibility index (Phi) is 5.08. The molecule has 20 heavy (non-hydrogen) atoms. The molecular formula is C16H20ClNOS. The van der Waals surface area contributed by atoms with Crippen LogP contribution in [0.4, 0.5) is 0 Å². The summed E-state index contributed by atoms with van der Waals surface area (Å²) >= 11 is 7.86. The molecule has 1 N–H and O–H groups in total. The van der Waals surface area contributed by atoms with Crippen LogP contribution in [-0.4, -0.2) is 7.05 Å². The van der Waals surface area contributed by atoms with Crippen LogP contribution in [0.5, 0.6) is 5.75 Å². The molecule has 0 bridgehead atoms. The highest BCUT2D eigenvalue weighted by atomic mass is 35.5. The number of benzene rings is 1. The van der Waals surface area contributed by atoms with Gasteiger partial charge in [-0.15, -0.1) is 11.3 Å². The molecule has 0 spiro atoms. The average Bonchev–Trinajstić information content (AvgIpc) is 2.69. The van der Waals surface area contributed by atoms with Gasteiger partial charge in [0.1, 0.15) is 12.4 Å². The average molecular weight is 310 g/mol. The normalized spacial score (nSPS) is 10.8. The van der Waals surface area contributed by atoms with Gasteiger partial charge in [-0.25, -0.2) is 0 Å². The Bertz CT molecular complexity index is 584. The van der Waals surface area contributed by atoms with Crippen LogP contribution in [0.25, 0.3) is 0 Å². The van der Waals surface area contributed by atoms with Crippen molar-refractivity contribution in [1.82, 2.24) is 5.32 Å². The van der Waals surface area contributed by atoms with Crippen LogP contribution in [0, 0.1) is 20.8 Å². The smallest absolute Gasteiger partial charge is 0.125 e. The van der Waals surface area contributed by atoms with Crippen LogP contribution in [0.15, 0.2) is 18.2 Å². The van der Waals surface area contributed by atoms with E-state index >= 15 is 0 Å². The molecule has 0 radical (unpaired) electrons. The fraction of sp³-hybridized carbons (Fsp3) is 0.375. The standard InChI is InChI=1S/C16H20ClNOS/c1-10-5-14(17)6-11(2)16(10)19-9-13-7-15(8-18-4)20-12(13)3/h5-7,18H,8-9H2,1-4H3. The lowest BCUT2D eigenvalue weighted by Gasteiger charge is -2.12. The molecule has 0 unspecified atom stereocenters. The van der Waals surface area contributed by atoms with E-state index < -0.39 is 0 Å². The largest absolute Gasteiger partial charge is 0.488 e. The van der Waals surface area contributed by atoms with Gasteiger partial charge in [-0.2, -0.15) is 0 Å². The van der Waals surface area contributed by atoms with Crippen molar-refractivity contribution in [2.75, 3.05) is 7.05 Å². The Labute approximate surface area is 129 Å². The summed E-state index contributed by atoms with van der Waals surface area (Å²) in [5.74, 6) is 0.940. The maximum Gasteiger partial charge on any atom is 0.125 e. The molecule has 1 heterocycles. The van der Waals surface area contributed by atoms with Crippen molar-refractivity contribution >= 4 is 22.9 Å². The van der Waals surface area contributed by atoms with Gasteiger partial charge in [-0.3, -0.25) is 0 Å². The van der Waals surface area contributed by atoms with Gasteiger partial charge in [-0.1, -0.05) is 11.6 Å². The molecule has 0 aliphatic carbocycles. The Morgan fingerprint density at radius 3 is 2.40 bits per heavy atom. The van der Waals surface area contributed by atoms with Gasteiger partial charge in [-0.05, 0) is 57.1 Å². The van der Waals surface area contributed by atoms with Gasteiger partial charge in [0, 0.05) is 26.9 Å². The summed E-state index contributed by atoms with van der Waals surface area (Å²) in [5, 5.41) is 3.94. The molecule has 0 fully saturated rings. The lowest BCUT2D eigenvalue weighted by Crippen LogP contribution is -2.03. The summed E-state index contributed by atoms with van der Waals surface area (Å²) < 4.78 is 6.01. The minimum Gasteiger partial charge on any atom is -0.488 e. The van der Waals surface area contributed by atoms with Gasteiger partial charge < -0.3 is 10.1 Å². The summed E-state index contributed by atoms with van der Waals surface area (Å²) in [6.45, 7) is 7.71. The van der Waals surface area contributed by atoms with E-state index in [4.69, 9.17) is 16.3 Å². The zero-order valence-corrected chi connectivity index (χ0v) is 13.9. The van der Waals surface area contributed by atoms with Crippen molar-refractivity contribution in [2.24, 2.45) is 0 Å². The van der Waals surface area contributed by atoms with E-state index in [1.807, 2.05) is 44.4 Å². The van der Waals surface area contributed by atoms with E-state index in [1.54, 1.807) is 0 Å². The third-order valence-corrected chi connectivity index (χ3v) is 4.53. The monoisotopic (exact) mass is 309 g/mol. The highest BCUT2D eigenvalue weighted by Gasteiger charge is 2.09. The Hall–Kier alpha value is -1.03. The molecule has 1 aromatic carbocycles. The van der Waals surface area contributed by atoms with E-state index in [9.17, 15) is 0 Å². The first-order valence-corrected chi connectivity index (χ1v) is 7.83. The fourth-order valence-electron chi connectivity index (χ4n) is 2.27. The summed E-state index contributed by atoms with van der Waals surface area (Å²) in [7, 11) is 1.96. The van der Waals surface area contributed by atoms with E-state index in [0.717, 1.165) is 28.4 Å². The zero-order valence-electron chi connectivity index (χ0n) is 12.3. The molecular weight excluding hydrogens is 290 g/mol. The number of halogens is 1. The van der Waals surface area contributed by atoms with Gasteiger partial charge >= 0.3 is 0 Å². The van der Waals surface area contributed by atoms with Crippen LogP contribution >= 0.6 is 22.9 Å². The molecule has 0 atom stereocenters. The number of hydrogen-bond acceptors (Lipinski definition) is 3. The highest BCUT2D eigenvalue weighted by molar-refractivity contribution is 7.12. The van der Waals surface area contributed by atoms with Crippen molar-refractivity contribution < 1.29 is 4.74 Å². The quantitative estimate of drug-likeness (QED) is 0.869. The van der Waals surface area contributed by atoms with Crippen LogP contribution in [0.3, 0.4) is 0 Å². The summed E-state index contributed by atoms with van der Waals surface area (Å²) in [6, 6.07) is 6.10. The predicted molar refractivity (Wildman–Crippen MR) is 87.1 cm³/mol. The van der Waals surface area contributed by atoms with Crippen molar-refractivity contribution in [2.45, 2.75) is 33.9 Å². The number of hydrogen-bond donors (Lipinski definition) is 1. The van der Waals surface area contributed by atoms with Gasteiger partial charge in [0.15, 0.2) is 0 Å². The maximum atomic E-state index is 6.04. The van der Waals surface area contributed by atoms with E-state index in [2.05, 4.69) is 18.3 Å². The zero-order chi connectivity index (χ0) is 14.7. The number of rotatable bonds is 5. The van der Waals surface area contributed by atoms with Crippen molar-refractivity contribution in [3.05, 3.63) is 49.7 Å². The number of nitrogens with one attached hydrogen (secondary N) is 1. The summed E-state index contributed by atoms with van der Waals surface area (Å²) in [5.41, 5.74) is 3.42. The van der Waals surface area contributed by atoms with Crippen molar-refractivity contribution in [3.8, 4) is 5.75 Å². The third-order valence-electron chi connectivity index (χ3n) is 3.22. The fourth-order valence-corrected chi connectivity index (χ4v) is 3.65. The van der Waals surface area contributed by atoms with Crippen molar-refractivity contribution in [1.29, 1.82) is 0 Å². The number of aryl methyl sites for hydroxylation is 3. The number of ether oxygens (including phenoxy) is 1. The number of thiophene rings is 1. The molecule has 4 heteroatoms. The summed E-state index contributed by atoms with van der Waals surface area (Å²) in [6.07, 6.45) is 0. The van der Waals surface area contributed by atoms with E-state index in [1.165, 1.54) is 15.3 Å². The first-order chi connectivity index (χ1) is 9.51.